The van der Waals surface area contributed by atoms with Crippen LogP contribution in [-0.4, -0.2) is 33.9 Å². The zero-order valence-electron chi connectivity index (χ0n) is 14.8. The molecule has 3 aromatic rings. The van der Waals surface area contributed by atoms with Gasteiger partial charge < -0.3 is 16.0 Å². The highest BCUT2D eigenvalue weighted by molar-refractivity contribution is 7.19. The number of nitrogen functional groups attached to an aromatic ring is 1. The number of hydrogen-bond acceptors (Lipinski definition) is 7. The molecular weight excluding hydrogens is 360 g/mol. The molecule has 0 spiro atoms. The lowest BCUT2D eigenvalue weighted by molar-refractivity contribution is 0.102. The molecule has 1 aliphatic rings. The van der Waals surface area contributed by atoms with Gasteiger partial charge in [0.15, 0.2) is 5.69 Å². The zero-order valence-corrected chi connectivity index (χ0v) is 15.6. The van der Waals surface area contributed by atoms with E-state index in [0.717, 1.165) is 37.2 Å². The predicted molar refractivity (Wildman–Crippen MR) is 108 cm³/mol. The standard InChI is InChI=1S/C19H20N6OS/c20-17-16(24-19(27-17)13-4-7-21-8-5-13)18(26)23-14-12-22-9-6-15(14)25-10-2-1-3-11-25/h4-9,12H,1-3,10-11,20H2,(H,23,26). The molecular formula is C19H20N6OS. The number of piperidine rings is 1. The van der Waals surface area contributed by atoms with Crippen molar-refractivity contribution in [2.75, 3.05) is 29.0 Å². The van der Waals surface area contributed by atoms with Gasteiger partial charge in [0.1, 0.15) is 10.0 Å². The second kappa shape index (κ2) is 7.71. The number of aromatic nitrogens is 3. The molecule has 4 rings (SSSR count). The number of thiazole rings is 1. The van der Waals surface area contributed by atoms with Gasteiger partial charge in [-0.05, 0) is 37.5 Å². The van der Waals surface area contributed by atoms with Crippen molar-refractivity contribution in [3.63, 3.8) is 0 Å². The van der Waals surface area contributed by atoms with Gasteiger partial charge in [0.2, 0.25) is 0 Å². The van der Waals surface area contributed by atoms with Crippen LogP contribution < -0.4 is 16.0 Å². The molecule has 0 atom stereocenters. The van der Waals surface area contributed by atoms with Crippen molar-refractivity contribution in [2.24, 2.45) is 0 Å². The minimum Gasteiger partial charge on any atom is -0.389 e. The van der Waals surface area contributed by atoms with Gasteiger partial charge in [-0.25, -0.2) is 4.98 Å². The van der Waals surface area contributed by atoms with Gasteiger partial charge >= 0.3 is 0 Å². The summed E-state index contributed by atoms with van der Waals surface area (Å²) in [6, 6.07) is 5.62. The Balaban J connectivity index is 1.58. The Morgan fingerprint density at radius 2 is 1.81 bits per heavy atom. The summed E-state index contributed by atoms with van der Waals surface area (Å²) in [6.07, 6.45) is 10.4. The molecule has 3 aromatic heterocycles. The third kappa shape index (κ3) is 3.75. The van der Waals surface area contributed by atoms with Crippen LogP contribution in [0.25, 0.3) is 10.6 Å². The Kier molecular flexibility index (Phi) is 4.97. The van der Waals surface area contributed by atoms with E-state index in [2.05, 4.69) is 25.2 Å². The second-order valence-corrected chi connectivity index (χ2v) is 7.39. The summed E-state index contributed by atoms with van der Waals surface area (Å²) in [4.78, 5) is 27.7. The van der Waals surface area contributed by atoms with Gasteiger partial charge in [0.05, 0.1) is 17.6 Å². The maximum Gasteiger partial charge on any atom is 0.277 e. The molecule has 3 N–H and O–H groups in total. The number of carbonyl (C=O) groups is 1. The smallest absolute Gasteiger partial charge is 0.277 e. The highest BCUT2D eigenvalue weighted by Crippen LogP contribution is 2.32. The van der Waals surface area contributed by atoms with Crippen molar-refractivity contribution in [3.05, 3.63) is 48.7 Å². The lowest BCUT2D eigenvalue weighted by atomic mass is 10.1. The van der Waals surface area contributed by atoms with Gasteiger partial charge in [-0.1, -0.05) is 11.3 Å². The van der Waals surface area contributed by atoms with E-state index in [-0.39, 0.29) is 11.6 Å². The van der Waals surface area contributed by atoms with E-state index in [9.17, 15) is 4.79 Å². The topological polar surface area (TPSA) is 97.0 Å². The molecule has 0 radical (unpaired) electrons. The molecule has 0 bridgehead atoms. The summed E-state index contributed by atoms with van der Waals surface area (Å²) in [5.74, 6) is -0.324. The normalized spacial score (nSPS) is 14.1. The van der Waals surface area contributed by atoms with Gasteiger partial charge in [-0.2, -0.15) is 0 Å². The number of hydrogen-bond donors (Lipinski definition) is 2. The number of carbonyl (C=O) groups excluding carboxylic acids is 1. The third-order valence-electron chi connectivity index (χ3n) is 4.54. The van der Waals surface area contributed by atoms with Gasteiger partial charge in [0.25, 0.3) is 5.91 Å². The highest BCUT2D eigenvalue weighted by atomic mass is 32.1. The van der Waals surface area contributed by atoms with Crippen molar-refractivity contribution in [1.82, 2.24) is 15.0 Å². The fourth-order valence-electron chi connectivity index (χ4n) is 3.19. The molecule has 1 saturated heterocycles. The second-order valence-electron chi connectivity index (χ2n) is 6.36. The van der Waals surface area contributed by atoms with Gasteiger partial charge in [0, 0.05) is 37.2 Å². The molecule has 0 aliphatic carbocycles. The molecule has 1 amide bonds. The van der Waals surface area contributed by atoms with E-state index in [1.54, 1.807) is 24.8 Å². The number of amides is 1. The number of rotatable bonds is 4. The van der Waals surface area contributed by atoms with Crippen molar-refractivity contribution in [3.8, 4) is 10.6 Å². The number of nitrogens with two attached hydrogens (primary N) is 1. The fourth-order valence-corrected chi connectivity index (χ4v) is 4.02. The van der Waals surface area contributed by atoms with Crippen LogP contribution in [-0.2, 0) is 0 Å². The van der Waals surface area contributed by atoms with E-state index in [1.165, 1.54) is 17.8 Å². The Bertz CT molecular complexity index is 936. The summed E-state index contributed by atoms with van der Waals surface area (Å²) in [7, 11) is 0. The van der Waals surface area contributed by atoms with Crippen LogP contribution in [0.15, 0.2) is 43.0 Å². The third-order valence-corrected chi connectivity index (χ3v) is 5.47. The Labute approximate surface area is 161 Å². The largest absolute Gasteiger partial charge is 0.389 e. The average Bonchev–Trinajstić information content (AvgIpc) is 3.12. The SMILES string of the molecule is Nc1sc(-c2ccncc2)nc1C(=O)Nc1cnccc1N1CCCCC1. The Morgan fingerprint density at radius 1 is 1.07 bits per heavy atom. The summed E-state index contributed by atoms with van der Waals surface area (Å²) >= 11 is 1.29. The number of anilines is 3. The number of pyridine rings is 2. The first-order chi connectivity index (χ1) is 13.2. The van der Waals surface area contributed by atoms with E-state index < -0.39 is 0 Å². The van der Waals surface area contributed by atoms with Crippen molar-refractivity contribution in [2.45, 2.75) is 19.3 Å². The first kappa shape index (κ1) is 17.4. The van der Waals surface area contributed by atoms with Gasteiger partial charge in [-0.15, -0.1) is 0 Å². The molecule has 1 aliphatic heterocycles. The minimum atomic E-state index is -0.324. The molecule has 0 unspecified atom stereocenters. The van der Waals surface area contributed by atoms with E-state index >= 15 is 0 Å². The van der Waals surface area contributed by atoms with Crippen LogP contribution in [0, 0.1) is 0 Å². The summed E-state index contributed by atoms with van der Waals surface area (Å²) < 4.78 is 0. The number of nitrogens with one attached hydrogen (secondary N) is 1. The van der Waals surface area contributed by atoms with Crippen molar-refractivity contribution >= 4 is 33.6 Å². The summed E-state index contributed by atoms with van der Waals surface area (Å²) in [5, 5.41) is 4.03. The van der Waals surface area contributed by atoms with Gasteiger partial charge in [-0.3, -0.25) is 14.8 Å². The predicted octanol–water partition coefficient (Wildman–Crippen LogP) is 3.42. The van der Waals surface area contributed by atoms with Crippen LogP contribution in [0.2, 0.25) is 0 Å². The average molecular weight is 380 g/mol. The quantitative estimate of drug-likeness (QED) is 0.720. The minimum absolute atomic E-state index is 0.236. The molecule has 4 heterocycles. The van der Waals surface area contributed by atoms with E-state index in [0.29, 0.717) is 15.7 Å². The molecule has 27 heavy (non-hydrogen) atoms. The van der Waals surface area contributed by atoms with Crippen LogP contribution in [0.4, 0.5) is 16.4 Å². The van der Waals surface area contributed by atoms with Crippen LogP contribution in [0.1, 0.15) is 29.8 Å². The Hall–Kier alpha value is -3.00. The van der Waals surface area contributed by atoms with Crippen molar-refractivity contribution < 1.29 is 4.79 Å². The first-order valence-electron chi connectivity index (χ1n) is 8.89. The van der Waals surface area contributed by atoms with Crippen LogP contribution >= 0.6 is 11.3 Å². The first-order valence-corrected chi connectivity index (χ1v) is 9.71. The van der Waals surface area contributed by atoms with E-state index in [4.69, 9.17) is 5.73 Å². The highest BCUT2D eigenvalue weighted by Gasteiger charge is 2.20. The molecule has 0 saturated carbocycles. The molecule has 1 fully saturated rings. The van der Waals surface area contributed by atoms with Crippen molar-refractivity contribution in [1.29, 1.82) is 0 Å². The molecule has 8 heteroatoms. The monoisotopic (exact) mass is 380 g/mol. The lowest BCUT2D eigenvalue weighted by Gasteiger charge is -2.30. The summed E-state index contributed by atoms with van der Waals surface area (Å²) in [5.41, 5.74) is 8.86. The molecule has 0 aromatic carbocycles. The summed E-state index contributed by atoms with van der Waals surface area (Å²) in [6.45, 7) is 1.97. The maximum absolute atomic E-state index is 12.8. The maximum atomic E-state index is 12.8. The molecule has 7 nitrogen and oxygen atoms in total. The Morgan fingerprint density at radius 3 is 2.59 bits per heavy atom. The fraction of sp³-hybridized carbons (Fsp3) is 0.263. The lowest BCUT2D eigenvalue weighted by Crippen LogP contribution is -2.30. The zero-order chi connectivity index (χ0) is 18.6. The van der Waals surface area contributed by atoms with Crippen LogP contribution in [0.5, 0.6) is 0 Å². The number of nitrogens with zero attached hydrogens (tertiary/aromatic N) is 4. The molecule has 138 valence electrons. The van der Waals surface area contributed by atoms with E-state index in [1.807, 2.05) is 18.2 Å². The van der Waals surface area contributed by atoms with Crippen LogP contribution in [0.3, 0.4) is 0 Å².